The maximum atomic E-state index is 13.6. The third-order valence-electron chi connectivity index (χ3n) is 6.56. The van der Waals surface area contributed by atoms with Crippen molar-refractivity contribution >= 4 is 23.0 Å². The number of anilines is 2. The number of hydrogen-bond acceptors (Lipinski definition) is 6. The molecule has 3 aromatic rings. The normalized spacial score (nSPS) is 17.3. The van der Waals surface area contributed by atoms with Gasteiger partial charge in [0.25, 0.3) is 5.91 Å². The van der Waals surface area contributed by atoms with E-state index in [4.69, 9.17) is 4.74 Å². The zero-order chi connectivity index (χ0) is 24.9. The van der Waals surface area contributed by atoms with Gasteiger partial charge in [-0.1, -0.05) is 12.1 Å². The number of piperazine rings is 1. The molecule has 9 heteroatoms. The van der Waals surface area contributed by atoms with Crippen molar-refractivity contribution in [1.82, 2.24) is 20.0 Å². The molecule has 0 unspecified atom stereocenters. The van der Waals surface area contributed by atoms with Gasteiger partial charge < -0.3 is 25.2 Å². The topological polar surface area (TPSA) is 85.5 Å². The average molecular weight is 491 g/mol. The summed E-state index contributed by atoms with van der Waals surface area (Å²) in [5.41, 5.74) is 3.49. The number of H-pyrrole nitrogens is 1. The van der Waals surface area contributed by atoms with Gasteiger partial charge in [-0.05, 0) is 49.4 Å². The molecule has 36 heavy (non-hydrogen) atoms. The van der Waals surface area contributed by atoms with Crippen molar-refractivity contribution in [2.75, 3.05) is 57.0 Å². The van der Waals surface area contributed by atoms with E-state index in [1.165, 1.54) is 12.1 Å². The quantitative estimate of drug-likeness (QED) is 0.314. The van der Waals surface area contributed by atoms with E-state index in [0.717, 1.165) is 56.2 Å². The van der Waals surface area contributed by atoms with Gasteiger partial charge in [0.2, 0.25) is 0 Å². The van der Waals surface area contributed by atoms with E-state index < -0.39 is 0 Å². The first-order valence-electron chi connectivity index (χ1n) is 12.3. The Hall–Kier alpha value is -3.69. The molecule has 1 saturated heterocycles. The summed E-state index contributed by atoms with van der Waals surface area (Å²) in [6, 6.07) is 14.2. The van der Waals surface area contributed by atoms with Crippen LogP contribution in [-0.4, -0.2) is 72.3 Å². The number of hydrogen-bond donors (Lipinski definition) is 3. The number of likely N-dealkylation sites (N-methyl/N-ethyl adjacent to an activating group) is 1. The van der Waals surface area contributed by atoms with E-state index in [0.29, 0.717) is 35.7 Å². The molecular formula is C27H31FN6O2. The Morgan fingerprint density at radius 2 is 1.92 bits per heavy atom. The molecule has 8 nitrogen and oxygen atoms in total. The lowest BCUT2D eigenvalue weighted by Gasteiger charge is -2.32. The highest BCUT2D eigenvalue weighted by Crippen LogP contribution is 2.32. The molecule has 2 aromatic carbocycles. The lowest BCUT2D eigenvalue weighted by atomic mass is 10.1. The molecule has 0 radical (unpaired) electrons. The molecule has 0 spiro atoms. The van der Waals surface area contributed by atoms with Crippen LogP contribution >= 0.6 is 0 Å². The molecule has 0 atom stereocenters. The van der Waals surface area contributed by atoms with Gasteiger partial charge in [-0.15, -0.1) is 0 Å². The van der Waals surface area contributed by atoms with E-state index in [9.17, 15) is 9.18 Å². The molecule has 188 valence electrons. The summed E-state index contributed by atoms with van der Waals surface area (Å²) in [6.07, 6.45) is 3.24. The lowest BCUT2D eigenvalue weighted by Crippen LogP contribution is -2.44. The van der Waals surface area contributed by atoms with Gasteiger partial charge in [-0.25, -0.2) is 4.39 Å². The first-order valence-corrected chi connectivity index (χ1v) is 12.3. The summed E-state index contributed by atoms with van der Waals surface area (Å²) in [6.45, 7) is 6.34. The minimum absolute atomic E-state index is 0.274. The fourth-order valence-electron chi connectivity index (χ4n) is 4.44. The number of carbonyl (C=O) groups is 1. The Balaban J connectivity index is 1.09. The van der Waals surface area contributed by atoms with Gasteiger partial charge >= 0.3 is 0 Å². The molecule has 2 aliphatic heterocycles. The second-order valence-corrected chi connectivity index (χ2v) is 9.29. The first kappa shape index (κ1) is 24.0. The molecule has 1 amide bonds. The van der Waals surface area contributed by atoms with Gasteiger partial charge in [0.1, 0.15) is 17.4 Å². The van der Waals surface area contributed by atoms with Gasteiger partial charge in [0, 0.05) is 62.7 Å². The van der Waals surface area contributed by atoms with E-state index in [1.807, 2.05) is 30.3 Å². The maximum Gasteiger partial charge on any atom is 0.257 e. The van der Waals surface area contributed by atoms with Crippen LogP contribution < -0.4 is 15.4 Å². The number of nitrogens with one attached hydrogen (secondary N) is 3. The number of rotatable bonds is 9. The van der Waals surface area contributed by atoms with Crippen LogP contribution in [0.2, 0.25) is 0 Å². The van der Waals surface area contributed by atoms with Crippen molar-refractivity contribution in [1.29, 1.82) is 0 Å². The summed E-state index contributed by atoms with van der Waals surface area (Å²) < 4.78 is 19.5. The molecule has 2 aliphatic rings. The lowest BCUT2D eigenvalue weighted by molar-refractivity contribution is -0.110. The van der Waals surface area contributed by atoms with Gasteiger partial charge in [-0.3, -0.25) is 9.89 Å². The van der Waals surface area contributed by atoms with Crippen LogP contribution in [-0.2, 0) is 11.2 Å². The zero-order valence-corrected chi connectivity index (χ0v) is 20.4. The third-order valence-corrected chi connectivity index (χ3v) is 6.56. The number of aromatic nitrogens is 2. The summed E-state index contributed by atoms with van der Waals surface area (Å²) in [5.74, 6) is 0.863. The molecule has 1 fully saturated rings. The van der Waals surface area contributed by atoms with Crippen molar-refractivity contribution in [2.24, 2.45) is 0 Å². The number of ether oxygens (including phenoxy) is 1. The van der Waals surface area contributed by atoms with E-state index >= 15 is 0 Å². The molecule has 3 N–H and O–H groups in total. The standard InChI is InChI=1S/C27H31FN6O2/c1-33-10-12-34(13-11-33)9-2-14-36-22-6-3-19(4-7-22)15-21-17-26(32-31-21)29-18-24-23-16-20(28)5-8-25(23)30-27(24)35/h3-8,16-18H,2,9-15H2,1H3,(H,30,35)(H2,29,31,32). The second-order valence-electron chi connectivity index (χ2n) is 9.29. The van der Waals surface area contributed by atoms with Crippen LogP contribution in [0.15, 0.2) is 54.7 Å². The van der Waals surface area contributed by atoms with Crippen molar-refractivity contribution in [2.45, 2.75) is 12.8 Å². The molecule has 0 saturated carbocycles. The molecule has 0 aliphatic carbocycles. The number of aromatic amines is 1. The van der Waals surface area contributed by atoms with Crippen LogP contribution in [0, 0.1) is 5.82 Å². The Morgan fingerprint density at radius 1 is 1.11 bits per heavy atom. The average Bonchev–Trinajstić information content (AvgIpc) is 3.45. The predicted molar refractivity (Wildman–Crippen MR) is 139 cm³/mol. The van der Waals surface area contributed by atoms with Crippen LogP contribution in [0.3, 0.4) is 0 Å². The summed E-state index contributed by atoms with van der Waals surface area (Å²) in [5, 5.41) is 13.1. The summed E-state index contributed by atoms with van der Waals surface area (Å²) in [7, 11) is 2.17. The molecule has 5 rings (SSSR count). The number of benzene rings is 2. The second kappa shape index (κ2) is 10.9. The highest BCUT2D eigenvalue weighted by atomic mass is 19.1. The molecule has 1 aromatic heterocycles. The minimum Gasteiger partial charge on any atom is -0.494 e. The first-order chi connectivity index (χ1) is 17.5. The fraction of sp³-hybridized carbons (Fsp3) is 0.333. The predicted octanol–water partition coefficient (Wildman–Crippen LogP) is 3.56. The largest absolute Gasteiger partial charge is 0.494 e. The Morgan fingerprint density at radius 3 is 2.72 bits per heavy atom. The van der Waals surface area contributed by atoms with Crippen LogP contribution in [0.5, 0.6) is 5.75 Å². The number of amides is 1. The van der Waals surface area contributed by atoms with Crippen molar-refractivity contribution in [3.63, 3.8) is 0 Å². The van der Waals surface area contributed by atoms with Crippen molar-refractivity contribution in [3.05, 3.63) is 77.4 Å². The van der Waals surface area contributed by atoms with Gasteiger partial charge in [0.05, 0.1) is 17.9 Å². The Bertz CT molecular complexity index is 1230. The van der Waals surface area contributed by atoms with Gasteiger partial charge in [0.15, 0.2) is 0 Å². The fourth-order valence-corrected chi connectivity index (χ4v) is 4.44. The molecule has 0 bridgehead atoms. The van der Waals surface area contributed by atoms with Crippen LogP contribution in [0.4, 0.5) is 15.9 Å². The summed E-state index contributed by atoms with van der Waals surface area (Å²) in [4.78, 5) is 17.1. The zero-order valence-electron chi connectivity index (χ0n) is 20.4. The van der Waals surface area contributed by atoms with E-state index in [1.54, 1.807) is 12.3 Å². The Labute approximate surface area is 210 Å². The number of fused-ring (bicyclic) bond motifs is 1. The van der Waals surface area contributed by atoms with Gasteiger partial charge in [-0.2, -0.15) is 5.10 Å². The highest BCUT2D eigenvalue weighted by Gasteiger charge is 2.24. The number of halogens is 1. The SMILES string of the molecule is CN1CCN(CCCOc2ccc(Cc3cc(NC=C4C(=O)Nc5ccc(F)cc54)[nH]n3)cc2)CC1. The van der Waals surface area contributed by atoms with Crippen molar-refractivity contribution < 1.29 is 13.9 Å². The highest BCUT2D eigenvalue weighted by molar-refractivity contribution is 6.31. The molecular weight excluding hydrogens is 459 g/mol. The Kier molecular flexibility index (Phi) is 7.29. The maximum absolute atomic E-state index is 13.6. The van der Waals surface area contributed by atoms with Crippen molar-refractivity contribution in [3.8, 4) is 5.75 Å². The van der Waals surface area contributed by atoms with E-state index in [-0.39, 0.29) is 11.7 Å². The third kappa shape index (κ3) is 5.92. The van der Waals surface area contributed by atoms with E-state index in [2.05, 4.69) is 37.7 Å². The monoisotopic (exact) mass is 490 g/mol. The van der Waals surface area contributed by atoms with Crippen LogP contribution in [0.1, 0.15) is 23.2 Å². The van der Waals surface area contributed by atoms with Crippen LogP contribution in [0.25, 0.3) is 5.57 Å². The smallest absolute Gasteiger partial charge is 0.257 e. The molecule has 3 heterocycles. The summed E-state index contributed by atoms with van der Waals surface area (Å²) >= 11 is 0. The number of nitrogens with zero attached hydrogens (tertiary/aromatic N) is 3. The number of carbonyl (C=O) groups excluding carboxylic acids is 1. The minimum atomic E-state index is -0.387.